The molecule has 0 atom stereocenters. The number of fused-ring (bicyclic) bond motifs is 1. The number of ether oxygens (including phenoxy) is 3. The predicted octanol–water partition coefficient (Wildman–Crippen LogP) is 2.23. The number of carbonyl (C=O) groups is 2. The summed E-state index contributed by atoms with van der Waals surface area (Å²) in [6, 6.07) is 5.20. The Morgan fingerprint density at radius 2 is 1.90 bits per heavy atom. The molecule has 0 spiro atoms. The first kappa shape index (κ1) is 14.8. The molecule has 1 aromatic heterocycles. The van der Waals surface area contributed by atoms with E-state index in [0.717, 1.165) is 10.8 Å². The van der Waals surface area contributed by atoms with Crippen molar-refractivity contribution < 1.29 is 23.8 Å². The number of carbonyl (C=O) groups excluding carboxylic acids is 2. The third-order valence-corrected chi connectivity index (χ3v) is 2.80. The number of pyridine rings is 1. The molecule has 1 aromatic carbocycles. The van der Waals surface area contributed by atoms with Crippen molar-refractivity contribution in [2.24, 2.45) is 0 Å². The molecule has 0 N–H and O–H groups in total. The molecule has 0 bridgehead atoms. The smallest absolute Gasteiger partial charge is 0.308 e. The highest BCUT2D eigenvalue weighted by molar-refractivity contribution is 5.88. The van der Waals surface area contributed by atoms with Crippen LogP contribution in [0, 0.1) is 0 Å². The number of aromatic nitrogens is 1. The molecule has 0 saturated carbocycles. The minimum atomic E-state index is -0.446. The van der Waals surface area contributed by atoms with Crippen LogP contribution in [0.5, 0.6) is 11.5 Å². The first-order valence-electron chi connectivity index (χ1n) is 6.28. The van der Waals surface area contributed by atoms with Gasteiger partial charge in [-0.15, -0.1) is 0 Å². The van der Waals surface area contributed by atoms with E-state index in [-0.39, 0.29) is 12.6 Å². The summed E-state index contributed by atoms with van der Waals surface area (Å²) in [6.45, 7) is 2.70. The number of methoxy groups -OCH3 is 1. The van der Waals surface area contributed by atoms with Gasteiger partial charge in [-0.3, -0.25) is 14.6 Å². The van der Waals surface area contributed by atoms with Gasteiger partial charge in [0.05, 0.1) is 12.8 Å². The van der Waals surface area contributed by atoms with Gasteiger partial charge in [0.1, 0.15) is 6.61 Å². The van der Waals surface area contributed by atoms with Crippen molar-refractivity contribution in [3.8, 4) is 11.5 Å². The first-order chi connectivity index (χ1) is 10.0. The lowest BCUT2D eigenvalue weighted by Crippen LogP contribution is -2.04. The molecule has 0 saturated heterocycles. The van der Waals surface area contributed by atoms with Gasteiger partial charge in [0, 0.05) is 25.4 Å². The summed E-state index contributed by atoms with van der Waals surface area (Å²) >= 11 is 0. The van der Waals surface area contributed by atoms with Crippen molar-refractivity contribution in [2.45, 2.75) is 20.5 Å². The SMILES string of the molecule is COc1cc2ccnc(COC(C)=O)c2cc1OC(C)=O. The molecule has 0 fully saturated rings. The molecule has 6 heteroatoms. The van der Waals surface area contributed by atoms with Crippen LogP contribution in [0.25, 0.3) is 10.8 Å². The van der Waals surface area contributed by atoms with Crippen LogP contribution in [0.2, 0.25) is 0 Å². The Morgan fingerprint density at radius 3 is 2.52 bits per heavy atom. The van der Waals surface area contributed by atoms with Crippen LogP contribution in [-0.2, 0) is 20.9 Å². The molecule has 21 heavy (non-hydrogen) atoms. The van der Waals surface area contributed by atoms with E-state index in [1.165, 1.54) is 21.0 Å². The zero-order valence-corrected chi connectivity index (χ0v) is 12.0. The molecule has 110 valence electrons. The van der Waals surface area contributed by atoms with E-state index in [0.29, 0.717) is 17.2 Å². The summed E-state index contributed by atoms with van der Waals surface area (Å²) in [4.78, 5) is 26.3. The second kappa shape index (κ2) is 6.21. The van der Waals surface area contributed by atoms with E-state index in [4.69, 9.17) is 14.2 Å². The number of hydrogen-bond acceptors (Lipinski definition) is 6. The maximum absolute atomic E-state index is 11.2. The molecule has 2 aromatic rings. The molecule has 0 unspecified atom stereocenters. The first-order valence-corrected chi connectivity index (χ1v) is 6.28. The van der Waals surface area contributed by atoms with Gasteiger partial charge < -0.3 is 14.2 Å². The molecule has 0 aliphatic heterocycles. The van der Waals surface area contributed by atoms with E-state index in [9.17, 15) is 9.59 Å². The Morgan fingerprint density at radius 1 is 1.14 bits per heavy atom. The van der Waals surface area contributed by atoms with E-state index < -0.39 is 5.97 Å². The van der Waals surface area contributed by atoms with E-state index in [2.05, 4.69) is 4.98 Å². The molecule has 2 rings (SSSR count). The fraction of sp³-hybridized carbons (Fsp3) is 0.267. The molecule has 0 amide bonds. The summed E-state index contributed by atoms with van der Waals surface area (Å²) in [5.41, 5.74) is 0.582. The summed E-state index contributed by atoms with van der Waals surface area (Å²) in [7, 11) is 1.50. The van der Waals surface area contributed by atoms with Crippen molar-refractivity contribution in [3.63, 3.8) is 0 Å². The zero-order valence-electron chi connectivity index (χ0n) is 12.0. The second-order valence-electron chi connectivity index (χ2n) is 4.36. The highest BCUT2D eigenvalue weighted by Crippen LogP contribution is 2.33. The van der Waals surface area contributed by atoms with Crippen molar-refractivity contribution in [1.29, 1.82) is 0 Å². The van der Waals surface area contributed by atoms with Gasteiger partial charge in [-0.1, -0.05) is 0 Å². The summed E-state index contributed by atoms with van der Waals surface area (Å²) < 4.78 is 15.3. The van der Waals surface area contributed by atoms with E-state index in [1.54, 1.807) is 24.4 Å². The molecular formula is C15H15NO5. The third-order valence-electron chi connectivity index (χ3n) is 2.80. The van der Waals surface area contributed by atoms with Crippen molar-refractivity contribution >= 4 is 22.7 Å². The lowest BCUT2D eigenvalue weighted by atomic mass is 10.1. The number of nitrogens with zero attached hydrogens (tertiary/aromatic N) is 1. The van der Waals surface area contributed by atoms with Crippen LogP contribution in [0.1, 0.15) is 19.5 Å². The molecule has 6 nitrogen and oxygen atoms in total. The van der Waals surface area contributed by atoms with Gasteiger partial charge in [0.2, 0.25) is 0 Å². The fourth-order valence-corrected chi connectivity index (χ4v) is 1.92. The van der Waals surface area contributed by atoms with Crippen LogP contribution in [0.3, 0.4) is 0 Å². The molecular weight excluding hydrogens is 274 g/mol. The van der Waals surface area contributed by atoms with Gasteiger partial charge in [-0.2, -0.15) is 0 Å². The van der Waals surface area contributed by atoms with Gasteiger partial charge >= 0.3 is 11.9 Å². The Hall–Kier alpha value is -2.63. The Labute approximate surface area is 121 Å². The van der Waals surface area contributed by atoms with Crippen LogP contribution < -0.4 is 9.47 Å². The normalized spacial score (nSPS) is 10.2. The fourth-order valence-electron chi connectivity index (χ4n) is 1.92. The third kappa shape index (κ3) is 3.47. The standard InChI is InChI=1S/C15H15NO5/c1-9(17)20-8-13-12-7-15(21-10(2)18)14(19-3)6-11(12)4-5-16-13/h4-7H,8H2,1-3H3. The second-order valence-corrected chi connectivity index (χ2v) is 4.36. The number of esters is 2. The number of hydrogen-bond donors (Lipinski definition) is 0. The van der Waals surface area contributed by atoms with Gasteiger partial charge in [0.15, 0.2) is 11.5 Å². The minimum Gasteiger partial charge on any atom is -0.493 e. The Balaban J connectivity index is 2.51. The summed E-state index contributed by atoms with van der Waals surface area (Å²) in [6.07, 6.45) is 1.62. The molecule has 0 radical (unpaired) electrons. The summed E-state index contributed by atoms with van der Waals surface area (Å²) in [5.74, 6) is -0.0856. The van der Waals surface area contributed by atoms with Crippen molar-refractivity contribution in [1.82, 2.24) is 4.98 Å². The maximum atomic E-state index is 11.2. The van der Waals surface area contributed by atoms with E-state index in [1.807, 2.05) is 0 Å². The average Bonchev–Trinajstić information content (AvgIpc) is 2.43. The van der Waals surface area contributed by atoms with Crippen LogP contribution in [0.15, 0.2) is 24.4 Å². The lowest BCUT2D eigenvalue weighted by molar-refractivity contribution is -0.142. The maximum Gasteiger partial charge on any atom is 0.308 e. The quantitative estimate of drug-likeness (QED) is 0.634. The van der Waals surface area contributed by atoms with Crippen LogP contribution >= 0.6 is 0 Å². The van der Waals surface area contributed by atoms with Crippen molar-refractivity contribution in [2.75, 3.05) is 7.11 Å². The number of benzene rings is 1. The molecule has 0 aliphatic rings. The largest absolute Gasteiger partial charge is 0.493 e. The highest BCUT2D eigenvalue weighted by Gasteiger charge is 2.12. The van der Waals surface area contributed by atoms with Crippen LogP contribution in [0.4, 0.5) is 0 Å². The summed E-state index contributed by atoms with van der Waals surface area (Å²) in [5, 5.41) is 1.58. The predicted molar refractivity (Wildman–Crippen MR) is 75.1 cm³/mol. The monoisotopic (exact) mass is 289 g/mol. The van der Waals surface area contributed by atoms with Gasteiger partial charge in [-0.05, 0) is 23.6 Å². The topological polar surface area (TPSA) is 74.7 Å². The molecule has 0 aliphatic carbocycles. The minimum absolute atomic E-state index is 0.0541. The van der Waals surface area contributed by atoms with Gasteiger partial charge in [-0.25, -0.2) is 0 Å². The van der Waals surface area contributed by atoms with Gasteiger partial charge in [0.25, 0.3) is 0 Å². The number of rotatable bonds is 4. The average molecular weight is 289 g/mol. The highest BCUT2D eigenvalue weighted by atomic mass is 16.6. The van der Waals surface area contributed by atoms with E-state index >= 15 is 0 Å². The van der Waals surface area contributed by atoms with Crippen molar-refractivity contribution in [3.05, 3.63) is 30.1 Å². The Kier molecular flexibility index (Phi) is 4.37. The molecule has 1 heterocycles. The Bertz CT molecular complexity index is 696. The van der Waals surface area contributed by atoms with Crippen LogP contribution in [-0.4, -0.2) is 24.0 Å². The zero-order chi connectivity index (χ0) is 15.4. The lowest BCUT2D eigenvalue weighted by Gasteiger charge is -2.11.